The molecule has 0 bridgehead atoms. The van der Waals surface area contributed by atoms with Crippen LogP contribution in [0.25, 0.3) is 0 Å². The number of fused-ring (bicyclic) bond motifs is 5. The summed E-state index contributed by atoms with van der Waals surface area (Å²) in [5, 5.41) is 0. The molecule has 4 atom stereocenters. The van der Waals surface area contributed by atoms with Crippen molar-refractivity contribution >= 4 is 11.8 Å². The predicted octanol–water partition coefficient (Wildman–Crippen LogP) is 3.76. The molecule has 0 unspecified atom stereocenters. The topological polar surface area (TPSA) is 63.0 Å². The van der Waals surface area contributed by atoms with Crippen LogP contribution in [0.3, 0.4) is 0 Å². The van der Waals surface area contributed by atoms with E-state index in [1.165, 1.54) is 0 Å². The summed E-state index contributed by atoms with van der Waals surface area (Å²) >= 11 is 0. The van der Waals surface area contributed by atoms with E-state index in [0.717, 1.165) is 16.9 Å². The minimum atomic E-state index is -1.01. The van der Waals surface area contributed by atoms with Crippen molar-refractivity contribution < 1.29 is 18.7 Å². The summed E-state index contributed by atoms with van der Waals surface area (Å²) < 4.78 is 11.6. The van der Waals surface area contributed by atoms with E-state index in [2.05, 4.69) is 12.1 Å². The zero-order chi connectivity index (χ0) is 21.9. The van der Waals surface area contributed by atoms with Crippen LogP contribution in [0, 0.1) is 5.92 Å². The molecule has 1 aromatic heterocycles. The second-order valence-electron chi connectivity index (χ2n) is 9.00. The third-order valence-corrected chi connectivity index (χ3v) is 7.29. The molecule has 0 aliphatic carbocycles. The Morgan fingerprint density at radius 1 is 1.00 bits per heavy atom. The number of amides is 2. The summed E-state index contributed by atoms with van der Waals surface area (Å²) in [7, 11) is 0. The van der Waals surface area contributed by atoms with Gasteiger partial charge in [-0.25, -0.2) is 0 Å². The molecule has 0 spiro atoms. The van der Waals surface area contributed by atoms with Crippen LogP contribution < -0.4 is 4.74 Å². The van der Waals surface area contributed by atoms with Gasteiger partial charge in [0, 0.05) is 17.4 Å². The largest absolute Gasteiger partial charge is 0.493 e. The standard InChI is InChI=1S/C26H24N2O4/c1-26-23(17-8-3-2-4-9-17)20-16-32-21-12-6-5-11-19(21)24(20)28(26)22(29)15-27(25(26)30)14-18-10-7-13-31-18/h2-13,20,23-24H,14-16H2,1H3/t20-,23+,24+,26-/m1/s1. The molecular formula is C26H24N2O4. The van der Waals surface area contributed by atoms with Crippen molar-refractivity contribution in [2.45, 2.75) is 31.0 Å². The van der Waals surface area contributed by atoms with Gasteiger partial charge < -0.3 is 19.0 Å². The third-order valence-electron chi connectivity index (χ3n) is 7.29. The lowest BCUT2D eigenvalue weighted by molar-refractivity contribution is -0.164. The van der Waals surface area contributed by atoms with Crippen molar-refractivity contribution in [1.29, 1.82) is 0 Å². The lowest BCUT2D eigenvalue weighted by atomic mass is 9.73. The maximum atomic E-state index is 14.1. The lowest BCUT2D eigenvalue weighted by Crippen LogP contribution is -2.65. The Labute approximate surface area is 186 Å². The summed E-state index contributed by atoms with van der Waals surface area (Å²) in [6.45, 7) is 2.72. The fraction of sp³-hybridized carbons (Fsp3) is 0.308. The van der Waals surface area contributed by atoms with Crippen LogP contribution in [0.5, 0.6) is 5.75 Å². The van der Waals surface area contributed by atoms with Crippen molar-refractivity contribution in [3.05, 3.63) is 89.9 Å². The predicted molar refractivity (Wildman–Crippen MR) is 117 cm³/mol. The van der Waals surface area contributed by atoms with Crippen molar-refractivity contribution in [1.82, 2.24) is 9.80 Å². The lowest BCUT2D eigenvalue weighted by Gasteiger charge is -2.47. The summed E-state index contributed by atoms with van der Waals surface area (Å²) in [6, 6.07) is 21.4. The number of hydrogen-bond donors (Lipinski definition) is 0. The molecule has 2 amide bonds. The number of nitrogens with zero attached hydrogens (tertiary/aromatic N) is 2. The Morgan fingerprint density at radius 2 is 1.78 bits per heavy atom. The van der Waals surface area contributed by atoms with E-state index in [-0.39, 0.29) is 42.8 Å². The highest BCUT2D eigenvalue weighted by molar-refractivity contribution is 5.99. The average Bonchev–Trinajstić information content (AvgIpc) is 3.42. The summed E-state index contributed by atoms with van der Waals surface area (Å²) in [6.07, 6.45) is 1.59. The fourth-order valence-corrected chi connectivity index (χ4v) is 6.06. The number of benzene rings is 2. The first-order chi connectivity index (χ1) is 15.6. The minimum absolute atomic E-state index is 0.0197. The van der Waals surface area contributed by atoms with Crippen LogP contribution in [-0.4, -0.2) is 40.3 Å². The van der Waals surface area contributed by atoms with Gasteiger partial charge in [0.1, 0.15) is 23.6 Å². The van der Waals surface area contributed by atoms with Crippen LogP contribution in [-0.2, 0) is 16.1 Å². The molecule has 6 nitrogen and oxygen atoms in total. The molecule has 3 aromatic rings. The zero-order valence-electron chi connectivity index (χ0n) is 17.8. The summed E-state index contributed by atoms with van der Waals surface area (Å²) in [4.78, 5) is 31.3. The number of para-hydroxylation sites is 1. The Balaban J connectivity index is 1.50. The fourth-order valence-electron chi connectivity index (χ4n) is 6.06. The number of piperazine rings is 1. The molecule has 0 radical (unpaired) electrons. The molecule has 6 heteroatoms. The Morgan fingerprint density at radius 3 is 2.56 bits per heavy atom. The first kappa shape index (κ1) is 19.2. The van der Waals surface area contributed by atoms with Crippen LogP contribution in [0.2, 0.25) is 0 Å². The van der Waals surface area contributed by atoms with Crippen molar-refractivity contribution in [2.24, 2.45) is 5.92 Å². The van der Waals surface area contributed by atoms with E-state index >= 15 is 0 Å². The van der Waals surface area contributed by atoms with Crippen LogP contribution >= 0.6 is 0 Å². The van der Waals surface area contributed by atoms with Gasteiger partial charge in [-0.2, -0.15) is 0 Å². The van der Waals surface area contributed by atoms with Crippen molar-refractivity contribution in [3.8, 4) is 5.75 Å². The molecule has 0 saturated carbocycles. The zero-order valence-corrected chi connectivity index (χ0v) is 17.8. The maximum absolute atomic E-state index is 14.1. The smallest absolute Gasteiger partial charge is 0.249 e. The van der Waals surface area contributed by atoms with E-state index in [4.69, 9.17) is 9.15 Å². The normalized spacial score (nSPS) is 28.7. The molecule has 4 heterocycles. The van der Waals surface area contributed by atoms with Gasteiger partial charge in [0.05, 0.1) is 25.5 Å². The van der Waals surface area contributed by atoms with Crippen molar-refractivity contribution in [2.75, 3.05) is 13.2 Å². The van der Waals surface area contributed by atoms with Gasteiger partial charge in [0.2, 0.25) is 11.8 Å². The highest BCUT2D eigenvalue weighted by Gasteiger charge is 2.66. The number of hydrogen-bond acceptors (Lipinski definition) is 4. The number of carbonyl (C=O) groups excluding carboxylic acids is 2. The first-order valence-corrected chi connectivity index (χ1v) is 11.0. The Hall–Kier alpha value is -3.54. The average molecular weight is 428 g/mol. The van der Waals surface area contributed by atoms with Crippen LogP contribution in [0.15, 0.2) is 77.4 Å². The molecule has 32 heavy (non-hydrogen) atoms. The quantitative estimate of drug-likeness (QED) is 0.637. The molecule has 2 fully saturated rings. The molecule has 2 aromatic carbocycles. The van der Waals surface area contributed by atoms with Crippen molar-refractivity contribution in [3.63, 3.8) is 0 Å². The van der Waals surface area contributed by atoms with Gasteiger partial charge in [-0.05, 0) is 30.7 Å². The van der Waals surface area contributed by atoms with Crippen LogP contribution in [0.1, 0.15) is 35.8 Å². The maximum Gasteiger partial charge on any atom is 0.249 e. The highest BCUT2D eigenvalue weighted by atomic mass is 16.5. The molecular weight excluding hydrogens is 404 g/mol. The Kier molecular flexibility index (Phi) is 4.18. The third kappa shape index (κ3) is 2.58. The van der Waals surface area contributed by atoms with E-state index < -0.39 is 5.54 Å². The van der Waals surface area contributed by atoms with Gasteiger partial charge in [-0.15, -0.1) is 0 Å². The number of carbonyl (C=O) groups is 2. The minimum Gasteiger partial charge on any atom is -0.493 e. The van der Waals surface area contributed by atoms with E-state index in [1.54, 1.807) is 17.2 Å². The van der Waals surface area contributed by atoms with Crippen LogP contribution in [0.4, 0.5) is 0 Å². The molecule has 6 rings (SSSR count). The molecule has 2 saturated heterocycles. The van der Waals surface area contributed by atoms with Gasteiger partial charge >= 0.3 is 0 Å². The number of rotatable bonds is 3. The highest BCUT2D eigenvalue weighted by Crippen LogP contribution is 2.59. The van der Waals surface area contributed by atoms with E-state index in [9.17, 15) is 9.59 Å². The van der Waals surface area contributed by atoms with Gasteiger partial charge in [-0.3, -0.25) is 9.59 Å². The van der Waals surface area contributed by atoms with Gasteiger partial charge in [0.25, 0.3) is 0 Å². The van der Waals surface area contributed by atoms with E-state index in [1.807, 2.05) is 60.4 Å². The molecule has 0 N–H and O–H groups in total. The molecule has 162 valence electrons. The monoisotopic (exact) mass is 428 g/mol. The number of ether oxygens (including phenoxy) is 1. The SMILES string of the molecule is C[C@@]12C(=O)N(Cc3ccco3)CC(=O)N1[C@H]1c3ccccc3OC[C@@H]1[C@@H]2c1ccccc1. The molecule has 3 aliphatic heterocycles. The van der Waals surface area contributed by atoms with Gasteiger partial charge in [0.15, 0.2) is 0 Å². The summed E-state index contributed by atoms with van der Waals surface area (Å²) in [5.41, 5.74) is 1.02. The number of furan rings is 1. The second kappa shape index (κ2) is 6.99. The van der Waals surface area contributed by atoms with Gasteiger partial charge in [-0.1, -0.05) is 48.5 Å². The Bertz CT molecular complexity index is 1180. The van der Waals surface area contributed by atoms with E-state index in [0.29, 0.717) is 12.4 Å². The molecule has 3 aliphatic rings. The summed E-state index contributed by atoms with van der Waals surface area (Å²) in [5.74, 6) is 1.18. The first-order valence-electron chi connectivity index (χ1n) is 11.0. The second-order valence-corrected chi connectivity index (χ2v) is 9.00.